The molecule has 2 rings (SSSR count). The van der Waals surface area contributed by atoms with E-state index in [0.717, 1.165) is 11.3 Å². The molecule has 0 aliphatic heterocycles. The van der Waals surface area contributed by atoms with Gasteiger partial charge in [-0.3, -0.25) is 14.6 Å². The summed E-state index contributed by atoms with van der Waals surface area (Å²) in [7, 11) is 1.59. The Morgan fingerprint density at radius 2 is 2.22 bits per heavy atom. The van der Waals surface area contributed by atoms with Gasteiger partial charge in [-0.15, -0.1) is 0 Å². The molecule has 122 valence electrons. The molecule has 2 heterocycles. The van der Waals surface area contributed by atoms with Gasteiger partial charge in [-0.05, 0) is 24.1 Å². The van der Waals surface area contributed by atoms with E-state index in [0.29, 0.717) is 31.7 Å². The fourth-order valence-corrected chi connectivity index (χ4v) is 2.26. The molecule has 0 fully saturated rings. The summed E-state index contributed by atoms with van der Waals surface area (Å²) in [5.74, 6) is -0.188. The molecule has 0 radical (unpaired) electrons. The van der Waals surface area contributed by atoms with Gasteiger partial charge >= 0.3 is 0 Å². The van der Waals surface area contributed by atoms with Crippen LogP contribution in [0, 0.1) is 0 Å². The lowest BCUT2D eigenvalue weighted by Gasteiger charge is -2.22. The van der Waals surface area contributed by atoms with Crippen LogP contribution in [0.15, 0.2) is 41.5 Å². The molecule has 2 aromatic heterocycles. The molecule has 0 aromatic carbocycles. The number of methoxy groups -OCH3 is 1. The van der Waals surface area contributed by atoms with Crippen LogP contribution in [0.25, 0.3) is 0 Å². The number of H-pyrrole nitrogens is 1. The fraction of sp³-hybridized carbons (Fsp3) is 0.353. The van der Waals surface area contributed by atoms with Crippen LogP contribution in [0.1, 0.15) is 28.5 Å². The third-order valence-electron chi connectivity index (χ3n) is 3.48. The molecule has 2 aromatic rings. The Bertz CT molecular complexity index is 698. The lowest BCUT2D eigenvalue weighted by molar-refractivity contribution is 0.0680. The summed E-state index contributed by atoms with van der Waals surface area (Å²) in [6.07, 6.45) is 4.08. The minimum Gasteiger partial charge on any atom is -0.383 e. The van der Waals surface area contributed by atoms with Crippen molar-refractivity contribution in [1.29, 1.82) is 0 Å². The highest BCUT2D eigenvalue weighted by molar-refractivity contribution is 5.94. The van der Waals surface area contributed by atoms with Crippen LogP contribution in [0.3, 0.4) is 0 Å². The lowest BCUT2D eigenvalue weighted by atomic mass is 10.1. The second kappa shape index (κ2) is 8.24. The molecule has 1 N–H and O–H groups in total. The normalized spacial score (nSPS) is 10.5. The minimum atomic E-state index is -0.263. The van der Waals surface area contributed by atoms with Crippen LogP contribution in [0.4, 0.5) is 0 Å². The molecular weight excluding hydrogens is 294 g/mol. The highest BCUT2D eigenvalue weighted by atomic mass is 16.5. The number of hydrogen-bond donors (Lipinski definition) is 1. The Kier molecular flexibility index (Phi) is 6.05. The largest absolute Gasteiger partial charge is 0.383 e. The maximum Gasteiger partial charge on any atom is 0.254 e. The zero-order chi connectivity index (χ0) is 16.7. The number of amides is 1. The van der Waals surface area contributed by atoms with Gasteiger partial charge in [0.2, 0.25) is 5.56 Å². The zero-order valence-corrected chi connectivity index (χ0v) is 13.4. The number of pyridine rings is 2. The quantitative estimate of drug-likeness (QED) is 0.842. The zero-order valence-electron chi connectivity index (χ0n) is 13.4. The van der Waals surface area contributed by atoms with Gasteiger partial charge < -0.3 is 14.6 Å². The highest BCUT2D eigenvalue weighted by Gasteiger charge is 2.17. The third kappa shape index (κ3) is 4.75. The minimum absolute atomic E-state index is 0.188. The Morgan fingerprint density at radius 3 is 2.87 bits per heavy atom. The van der Waals surface area contributed by atoms with E-state index in [4.69, 9.17) is 4.74 Å². The van der Waals surface area contributed by atoms with Gasteiger partial charge in [0.15, 0.2) is 0 Å². The van der Waals surface area contributed by atoms with Crippen molar-refractivity contribution in [2.75, 3.05) is 20.3 Å². The van der Waals surface area contributed by atoms with Crippen molar-refractivity contribution in [1.82, 2.24) is 14.9 Å². The summed E-state index contributed by atoms with van der Waals surface area (Å²) < 4.78 is 5.09. The van der Waals surface area contributed by atoms with Crippen LogP contribution in [0.5, 0.6) is 0 Å². The van der Waals surface area contributed by atoms with Crippen LogP contribution in [0.2, 0.25) is 0 Å². The Labute approximate surface area is 135 Å². The predicted octanol–water partition coefficient (Wildman–Crippen LogP) is 1.62. The van der Waals surface area contributed by atoms with Gasteiger partial charge in [0, 0.05) is 49.9 Å². The first-order valence-corrected chi connectivity index (χ1v) is 7.54. The molecule has 1 amide bonds. The number of ether oxygens (including phenoxy) is 1. The van der Waals surface area contributed by atoms with Crippen LogP contribution in [-0.4, -0.2) is 41.0 Å². The topological polar surface area (TPSA) is 75.3 Å². The smallest absolute Gasteiger partial charge is 0.254 e. The first-order chi connectivity index (χ1) is 11.1. The Hall–Kier alpha value is -2.47. The average molecular weight is 315 g/mol. The molecule has 0 aliphatic rings. The third-order valence-corrected chi connectivity index (χ3v) is 3.48. The molecule has 23 heavy (non-hydrogen) atoms. The number of aryl methyl sites for hydroxylation is 1. The molecule has 0 bridgehead atoms. The van der Waals surface area contributed by atoms with Crippen molar-refractivity contribution in [2.45, 2.75) is 19.9 Å². The first-order valence-electron chi connectivity index (χ1n) is 7.54. The molecule has 0 saturated heterocycles. The van der Waals surface area contributed by atoms with Crippen LogP contribution < -0.4 is 5.56 Å². The maximum atomic E-state index is 12.8. The van der Waals surface area contributed by atoms with E-state index in [2.05, 4.69) is 9.97 Å². The molecule has 0 aliphatic carbocycles. The SMILES string of the molecule is CCc1cc(C(=O)N(CCOC)Cc2cccnc2)cc(=O)[nH]1. The van der Waals surface area contributed by atoms with E-state index in [9.17, 15) is 9.59 Å². The maximum absolute atomic E-state index is 12.8. The molecule has 0 spiro atoms. The number of nitrogens with one attached hydrogen (secondary N) is 1. The summed E-state index contributed by atoms with van der Waals surface area (Å²) in [6, 6.07) is 6.81. The standard InChI is InChI=1S/C17H21N3O3/c1-3-15-9-14(10-16(21)19-15)17(22)20(7-8-23-2)12-13-5-4-6-18-11-13/h4-6,9-11H,3,7-8,12H2,1-2H3,(H,19,21). The van der Waals surface area contributed by atoms with Gasteiger partial charge in [-0.1, -0.05) is 13.0 Å². The number of nitrogens with zero attached hydrogens (tertiary/aromatic N) is 2. The van der Waals surface area contributed by atoms with Crippen LogP contribution >= 0.6 is 0 Å². The fourth-order valence-electron chi connectivity index (χ4n) is 2.26. The van der Waals surface area contributed by atoms with E-state index in [1.165, 1.54) is 6.07 Å². The van der Waals surface area contributed by atoms with Gasteiger partial charge in [-0.25, -0.2) is 0 Å². The number of carbonyl (C=O) groups is 1. The van der Waals surface area contributed by atoms with E-state index in [1.54, 1.807) is 30.5 Å². The van der Waals surface area contributed by atoms with Gasteiger partial charge in [0.25, 0.3) is 5.91 Å². The van der Waals surface area contributed by atoms with Crippen molar-refractivity contribution < 1.29 is 9.53 Å². The van der Waals surface area contributed by atoms with E-state index >= 15 is 0 Å². The summed E-state index contributed by atoms with van der Waals surface area (Å²) in [5.41, 5.74) is 1.80. The summed E-state index contributed by atoms with van der Waals surface area (Å²) >= 11 is 0. The van der Waals surface area contributed by atoms with E-state index < -0.39 is 0 Å². The van der Waals surface area contributed by atoms with Crippen molar-refractivity contribution in [3.63, 3.8) is 0 Å². The van der Waals surface area contributed by atoms with Gasteiger partial charge in [-0.2, -0.15) is 0 Å². The number of carbonyl (C=O) groups excluding carboxylic acids is 1. The summed E-state index contributed by atoms with van der Waals surface area (Å²) in [4.78, 5) is 32.9. The first kappa shape index (κ1) is 16.9. The molecular formula is C17H21N3O3. The highest BCUT2D eigenvalue weighted by Crippen LogP contribution is 2.09. The molecule has 6 heteroatoms. The molecule has 0 atom stereocenters. The van der Waals surface area contributed by atoms with Crippen molar-refractivity contribution >= 4 is 5.91 Å². The van der Waals surface area contributed by atoms with Crippen molar-refractivity contribution in [2.24, 2.45) is 0 Å². The average Bonchev–Trinajstić information content (AvgIpc) is 2.58. The van der Waals surface area contributed by atoms with Gasteiger partial charge in [0.1, 0.15) is 0 Å². The predicted molar refractivity (Wildman–Crippen MR) is 87.3 cm³/mol. The lowest BCUT2D eigenvalue weighted by Crippen LogP contribution is -2.34. The summed E-state index contributed by atoms with van der Waals surface area (Å²) in [6.45, 7) is 3.22. The molecule has 6 nitrogen and oxygen atoms in total. The number of hydrogen-bond acceptors (Lipinski definition) is 4. The Morgan fingerprint density at radius 1 is 1.39 bits per heavy atom. The van der Waals surface area contributed by atoms with Gasteiger partial charge in [0.05, 0.1) is 6.61 Å². The second-order valence-corrected chi connectivity index (χ2v) is 5.19. The molecule has 0 saturated carbocycles. The van der Waals surface area contributed by atoms with Crippen molar-refractivity contribution in [3.05, 3.63) is 63.8 Å². The van der Waals surface area contributed by atoms with E-state index in [1.807, 2.05) is 19.1 Å². The van der Waals surface area contributed by atoms with Crippen molar-refractivity contribution in [3.8, 4) is 0 Å². The van der Waals surface area contributed by atoms with Crippen LogP contribution in [-0.2, 0) is 17.7 Å². The summed E-state index contributed by atoms with van der Waals surface area (Å²) in [5, 5.41) is 0. The monoisotopic (exact) mass is 315 g/mol. The van der Waals surface area contributed by atoms with E-state index in [-0.39, 0.29) is 11.5 Å². The molecule has 0 unspecified atom stereocenters. The Balaban J connectivity index is 2.25. The number of rotatable bonds is 7. The number of aromatic nitrogens is 2. The second-order valence-electron chi connectivity index (χ2n) is 5.19. The number of aromatic amines is 1.